The van der Waals surface area contributed by atoms with E-state index in [9.17, 15) is 5.11 Å². The first-order valence-corrected chi connectivity index (χ1v) is 3.59. The quantitative estimate of drug-likeness (QED) is 0.361. The van der Waals surface area contributed by atoms with Crippen LogP contribution in [0, 0.1) is 0 Å². The first kappa shape index (κ1) is 8.46. The molecule has 0 aromatic rings. The fourth-order valence-corrected chi connectivity index (χ4v) is 1.01. The van der Waals surface area contributed by atoms with Gasteiger partial charge < -0.3 is 5.11 Å². The summed E-state index contributed by atoms with van der Waals surface area (Å²) < 4.78 is 0. The summed E-state index contributed by atoms with van der Waals surface area (Å²) in [4.78, 5) is 3.91. The Morgan fingerprint density at radius 1 is 1.55 bits per heavy atom. The van der Waals surface area contributed by atoms with Gasteiger partial charge in [0.15, 0.2) is 0 Å². The smallest absolute Gasteiger partial charge is 0.221 e. The van der Waals surface area contributed by atoms with E-state index in [-0.39, 0.29) is 0 Å². The normalized spacial score (nSPS) is 22.6. The number of allylic oxidation sites excluding steroid dienone is 2. The Morgan fingerprint density at radius 2 is 2.27 bits per heavy atom. The van der Waals surface area contributed by atoms with Crippen LogP contribution in [-0.2, 0) is 4.89 Å². The van der Waals surface area contributed by atoms with Gasteiger partial charge in [-0.25, -0.2) is 5.26 Å². The van der Waals surface area contributed by atoms with Crippen molar-refractivity contribution < 1.29 is 15.3 Å². The molecule has 0 aromatic carbocycles. The Hall–Kier alpha value is -0.640. The van der Waals surface area contributed by atoms with Crippen molar-refractivity contribution in [1.82, 2.24) is 0 Å². The SMILES string of the molecule is C[C@@](O)(OO)C1=CCCC=C1. The van der Waals surface area contributed by atoms with Crippen LogP contribution in [0.15, 0.2) is 23.8 Å². The molecule has 0 aromatic heterocycles. The van der Waals surface area contributed by atoms with E-state index < -0.39 is 5.79 Å². The third-order valence-electron chi connectivity index (χ3n) is 1.71. The van der Waals surface area contributed by atoms with E-state index in [4.69, 9.17) is 5.26 Å². The topological polar surface area (TPSA) is 49.7 Å². The first-order chi connectivity index (χ1) is 5.17. The minimum atomic E-state index is -1.56. The molecule has 1 atom stereocenters. The van der Waals surface area contributed by atoms with E-state index in [1.165, 1.54) is 6.92 Å². The van der Waals surface area contributed by atoms with Gasteiger partial charge in [0, 0.05) is 5.57 Å². The molecule has 3 nitrogen and oxygen atoms in total. The minimum Gasteiger partial charge on any atom is -0.360 e. The predicted molar refractivity (Wildman–Crippen MR) is 40.8 cm³/mol. The number of hydrogen-bond acceptors (Lipinski definition) is 3. The Morgan fingerprint density at radius 3 is 2.73 bits per heavy atom. The Bertz CT molecular complexity index is 192. The molecule has 62 valence electrons. The molecule has 1 aliphatic rings. The van der Waals surface area contributed by atoms with Crippen molar-refractivity contribution in [3.63, 3.8) is 0 Å². The van der Waals surface area contributed by atoms with Gasteiger partial charge in [0.05, 0.1) is 0 Å². The van der Waals surface area contributed by atoms with Crippen molar-refractivity contribution in [3.05, 3.63) is 23.8 Å². The highest BCUT2D eigenvalue weighted by atomic mass is 17.1. The van der Waals surface area contributed by atoms with E-state index in [2.05, 4.69) is 4.89 Å². The largest absolute Gasteiger partial charge is 0.360 e. The molecule has 0 saturated heterocycles. The summed E-state index contributed by atoms with van der Waals surface area (Å²) in [6.45, 7) is 1.40. The molecule has 0 amide bonds. The Labute approximate surface area is 65.5 Å². The summed E-state index contributed by atoms with van der Waals surface area (Å²) >= 11 is 0. The molecule has 0 heterocycles. The third kappa shape index (κ3) is 1.89. The van der Waals surface area contributed by atoms with Gasteiger partial charge in [0.1, 0.15) is 0 Å². The van der Waals surface area contributed by atoms with Gasteiger partial charge in [-0.1, -0.05) is 18.2 Å². The maximum absolute atomic E-state index is 9.36. The Kier molecular flexibility index (Phi) is 2.44. The summed E-state index contributed by atoms with van der Waals surface area (Å²) in [5.41, 5.74) is 0.603. The summed E-state index contributed by atoms with van der Waals surface area (Å²) in [5, 5.41) is 17.7. The molecule has 1 rings (SSSR count). The van der Waals surface area contributed by atoms with Crippen LogP contribution in [0.5, 0.6) is 0 Å². The van der Waals surface area contributed by atoms with E-state index in [0.29, 0.717) is 5.57 Å². The highest BCUT2D eigenvalue weighted by Gasteiger charge is 2.25. The minimum absolute atomic E-state index is 0.603. The first-order valence-electron chi connectivity index (χ1n) is 3.59. The van der Waals surface area contributed by atoms with Gasteiger partial charge in [-0.3, -0.25) is 0 Å². The van der Waals surface area contributed by atoms with Crippen molar-refractivity contribution >= 4 is 0 Å². The standard InChI is InChI=1S/C8H12O3/c1-8(9,11-10)7-5-3-2-4-6-7/h3,5-6,9-10H,2,4H2,1H3/t8-/m1/s1. The van der Waals surface area contributed by atoms with E-state index >= 15 is 0 Å². The van der Waals surface area contributed by atoms with Gasteiger partial charge in [-0.15, -0.1) is 0 Å². The lowest BCUT2D eigenvalue weighted by molar-refractivity contribution is -0.368. The molecule has 0 spiro atoms. The van der Waals surface area contributed by atoms with Crippen molar-refractivity contribution in [2.45, 2.75) is 25.6 Å². The molecule has 0 fully saturated rings. The van der Waals surface area contributed by atoms with E-state index in [0.717, 1.165) is 12.8 Å². The van der Waals surface area contributed by atoms with Gasteiger partial charge >= 0.3 is 0 Å². The van der Waals surface area contributed by atoms with Crippen LogP contribution >= 0.6 is 0 Å². The average Bonchev–Trinajstić information content (AvgIpc) is 2.06. The van der Waals surface area contributed by atoms with Gasteiger partial charge in [0.2, 0.25) is 5.79 Å². The summed E-state index contributed by atoms with van der Waals surface area (Å²) in [6.07, 6.45) is 7.38. The third-order valence-corrected chi connectivity index (χ3v) is 1.71. The van der Waals surface area contributed by atoms with Gasteiger partial charge in [-0.2, -0.15) is 4.89 Å². The summed E-state index contributed by atoms with van der Waals surface area (Å²) in [7, 11) is 0. The van der Waals surface area contributed by atoms with Crippen LogP contribution in [0.3, 0.4) is 0 Å². The maximum atomic E-state index is 9.36. The van der Waals surface area contributed by atoms with Gasteiger partial charge in [-0.05, 0) is 19.8 Å². The fourth-order valence-electron chi connectivity index (χ4n) is 1.01. The number of aliphatic hydroxyl groups is 1. The van der Waals surface area contributed by atoms with Crippen LogP contribution in [0.1, 0.15) is 19.8 Å². The van der Waals surface area contributed by atoms with Crippen LogP contribution in [-0.4, -0.2) is 16.2 Å². The number of hydrogen-bond donors (Lipinski definition) is 2. The zero-order valence-corrected chi connectivity index (χ0v) is 6.45. The lowest BCUT2D eigenvalue weighted by Crippen LogP contribution is -2.29. The molecule has 0 aliphatic heterocycles. The second-order valence-electron chi connectivity index (χ2n) is 2.71. The second kappa shape index (κ2) is 3.17. The number of rotatable bonds is 2. The highest BCUT2D eigenvalue weighted by molar-refractivity contribution is 5.27. The van der Waals surface area contributed by atoms with Crippen molar-refractivity contribution in [2.24, 2.45) is 0 Å². The monoisotopic (exact) mass is 156 g/mol. The maximum Gasteiger partial charge on any atom is 0.221 e. The van der Waals surface area contributed by atoms with Crippen LogP contribution in [0.4, 0.5) is 0 Å². The molecule has 0 radical (unpaired) electrons. The average molecular weight is 156 g/mol. The summed E-state index contributed by atoms with van der Waals surface area (Å²) in [6, 6.07) is 0. The van der Waals surface area contributed by atoms with Crippen molar-refractivity contribution in [2.75, 3.05) is 0 Å². The predicted octanol–water partition coefficient (Wildman–Crippen LogP) is 1.46. The molecule has 0 saturated carbocycles. The zero-order chi connectivity index (χ0) is 8.32. The van der Waals surface area contributed by atoms with Crippen molar-refractivity contribution in [3.8, 4) is 0 Å². The van der Waals surface area contributed by atoms with Gasteiger partial charge in [0.25, 0.3) is 0 Å². The lowest BCUT2D eigenvalue weighted by atomic mass is 10.0. The van der Waals surface area contributed by atoms with E-state index in [1.807, 2.05) is 12.2 Å². The molecular formula is C8H12O3. The zero-order valence-electron chi connectivity index (χ0n) is 6.45. The van der Waals surface area contributed by atoms with Crippen LogP contribution in [0.2, 0.25) is 0 Å². The molecule has 1 aliphatic carbocycles. The van der Waals surface area contributed by atoms with Crippen LogP contribution in [0.25, 0.3) is 0 Å². The molecule has 0 bridgehead atoms. The molecule has 0 unspecified atom stereocenters. The van der Waals surface area contributed by atoms with E-state index in [1.54, 1.807) is 6.08 Å². The van der Waals surface area contributed by atoms with Crippen LogP contribution < -0.4 is 0 Å². The molecular weight excluding hydrogens is 144 g/mol. The highest BCUT2D eigenvalue weighted by Crippen LogP contribution is 2.22. The molecule has 2 N–H and O–H groups in total. The molecule has 3 heteroatoms. The second-order valence-corrected chi connectivity index (χ2v) is 2.71. The fraction of sp³-hybridized carbons (Fsp3) is 0.500. The lowest BCUT2D eigenvalue weighted by Gasteiger charge is -2.21. The summed E-state index contributed by atoms with van der Waals surface area (Å²) in [5.74, 6) is -1.56. The Balaban J connectivity index is 2.73. The van der Waals surface area contributed by atoms with Crippen molar-refractivity contribution in [1.29, 1.82) is 0 Å². The molecule has 11 heavy (non-hydrogen) atoms.